The van der Waals surface area contributed by atoms with Crippen LogP contribution in [0.1, 0.15) is 29.8 Å². The van der Waals surface area contributed by atoms with Crippen LogP contribution in [0.15, 0.2) is 40.9 Å². The van der Waals surface area contributed by atoms with Crippen molar-refractivity contribution in [1.29, 1.82) is 0 Å². The van der Waals surface area contributed by atoms with Gasteiger partial charge in [-0.25, -0.2) is 0 Å². The van der Waals surface area contributed by atoms with E-state index in [1.165, 1.54) is 0 Å². The summed E-state index contributed by atoms with van der Waals surface area (Å²) in [4.78, 5) is 12.4. The van der Waals surface area contributed by atoms with Crippen LogP contribution in [-0.2, 0) is 9.47 Å². The highest BCUT2D eigenvalue weighted by Crippen LogP contribution is 2.27. The third-order valence-corrected chi connectivity index (χ3v) is 4.61. The summed E-state index contributed by atoms with van der Waals surface area (Å²) in [6.07, 6.45) is 2.82. The lowest BCUT2D eigenvalue weighted by molar-refractivity contribution is -0.157. The maximum atomic E-state index is 12.4. The predicted molar refractivity (Wildman–Crippen MR) is 86.5 cm³/mol. The lowest BCUT2D eigenvalue weighted by Gasteiger charge is -2.38. The van der Waals surface area contributed by atoms with Crippen LogP contribution >= 0.6 is 0 Å². The van der Waals surface area contributed by atoms with Crippen LogP contribution in [0, 0.1) is 0 Å². The van der Waals surface area contributed by atoms with Crippen molar-refractivity contribution < 1.29 is 18.8 Å². The second kappa shape index (κ2) is 6.75. The summed E-state index contributed by atoms with van der Waals surface area (Å²) < 4.78 is 16.7. The molecule has 0 radical (unpaired) electrons. The van der Waals surface area contributed by atoms with Gasteiger partial charge in [0.25, 0.3) is 5.91 Å². The van der Waals surface area contributed by atoms with E-state index in [0.717, 1.165) is 24.8 Å². The molecule has 1 aromatic heterocycles. The number of hydrogen-bond donors (Lipinski definition) is 1. The summed E-state index contributed by atoms with van der Waals surface area (Å²) in [5, 5.41) is 6.93. The van der Waals surface area contributed by atoms with Crippen LogP contribution in [0.2, 0.25) is 0 Å². The van der Waals surface area contributed by atoms with E-state index in [-0.39, 0.29) is 24.2 Å². The smallest absolute Gasteiger partial charge is 0.273 e. The first-order chi connectivity index (χ1) is 11.8. The Morgan fingerprint density at radius 1 is 1.08 bits per heavy atom. The Hall–Kier alpha value is -2.18. The second-order valence-corrected chi connectivity index (χ2v) is 6.24. The highest BCUT2D eigenvalue weighted by Gasteiger charge is 2.35. The van der Waals surface area contributed by atoms with Crippen molar-refractivity contribution in [2.24, 2.45) is 0 Å². The van der Waals surface area contributed by atoms with Gasteiger partial charge in [0.2, 0.25) is 0 Å². The topological polar surface area (TPSA) is 73.6 Å². The fourth-order valence-electron chi connectivity index (χ4n) is 3.38. The molecule has 3 unspecified atom stereocenters. The zero-order valence-corrected chi connectivity index (χ0v) is 13.3. The van der Waals surface area contributed by atoms with Crippen molar-refractivity contribution >= 4 is 5.91 Å². The minimum absolute atomic E-state index is 0.0787. The first kappa shape index (κ1) is 15.4. The molecule has 0 spiro atoms. The average Bonchev–Trinajstić information content (AvgIpc) is 3.13. The number of fused-ring (bicyclic) bond motifs is 1. The van der Waals surface area contributed by atoms with Crippen LogP contribution in [0.5, 0.6) is 0 Å². The number of nitrogens with zero attached hydrogens (tertiary/aromatic N) is 1. The van der Waals surface area contributed by atoms with Gasteiger partial charge in [-0.15, -0.1) is 0 Å². The molecule has 0 bridgehead atoms. The molecule has 126 valence electrons. The zero-order valence-electron chi connectivity index (χ0n) is 13.3. The molecule has 6 nitrogen and oxygen atoms in total. The quantitative estimate of drug-likeness (QED) is 0.936. The van der Waals surface area contributed by atoms with Gasteiger partial charge < -0.3 is 19.3 Å². The van der Waals surface area contributed by atoms with Gasteiger partial charge in [0.1, 0.15) is 0 Å². The van der Waals surface area contributed by atoms with Crippen molar-refractivity contribution in [1.82, 2.24) is 10.5 Å². The highest BCUT2D eigenvalue weighted by atomic mass is 16.6. The van der Waals surface area contributed by atoms with Gasteiger partial charge in [0.05, 0.1) is 25.4 Å². The number of aromatic nitrogens is 1. The van der Waals surface area contributed by atoms with E-state index in [1.54, 1.807) is 6.07 Å². The molecule has 1 aliphatic heterocycles. The molecule has 1 N–H and O–H groups in total. The molecule has 1 aromatic carbocycles. The van der Waals surface area contributed by atoms with E-state index in [4.69, 9.17) is 14.0 Å². The van der Waals surface area contributed by atoms with E-state index in [0.29, 0.717) is 24.7 Å². The molecule has 1 saturated heterocycles. The molecule has 2 aromatic rings. The molecular formula is C18H20N2O4. The van der Waals surface area contributed by atoms with E-state index in [2.05, 4.69) is 10.5 Å². The monoisotopic (exact) mass is 328 g/mol. The Morgan fingerprint density at radius 3 is 2.71 bits per heavy atom. The van der Waals surface area contributed by atoms with Crippen LogP contribution in [-0.4, -0.2) is 42.5 Å². The van der Waals surface area contributed by atoms with Gasteiger partial charge in [0, 0.05) is 17.7 Å². The van der Waals surface area contributed by atoms with E-state index in [1.807, 2.05) is 30.3 Å². The van der Waals surface area contributed by atoms with Crippen LogP contribution < -0.4 is 5.32 Å². The number of hydrogen-bond acceptors (Lipinski definition) is 5. The second-order valence-electron chi connectivity index (χ2n) is 6.24. The maximum absolute atomic E-state index is 12.4. The van der Waals surface area contributed by atoms with Crippen molar-refractivity contribution in [3.8, 4) is 11.3 Å². The first-order valence-electron chi connectivity index (χ1n) is 8.36. The minimum Gasteiger partial charge on any atom is -0.373 e. The standard InChI is InChI=1S/C18H20N2O4/c21-18(14-11-16(24-20-14)12-4-2-1-3-5-12)19-13-6-7-15-17(10-13)23-9-8-22-15/h1-5,11,13,15,17H,6-10H2,(H,19,21). The molecule has 2 heterocycles. The molecule has 1 saturated carbocycles. The number of carbonyl (C=O) groups excluding carboxylic acids is 1. The Kier molecular flexibility index (Phi) is 4.32. The SMILES string of the molecule is O=C(NC1CCC2OCCOC2C1)c1cc(-c2ccccc2)on1. The number of benzene rings is 1. The third-order valence-electron chi connectivity index (χ3n) is 4.61. The number of amides is 1. The van der Waals surface area contributed by atoms with E-state index >= 15 is 0 Å². The van der Waals surface area contributed by atoms with E-state index in [9.17, 15) is 4.79 Å². The van der Waals surface area contributed by atoms with E-state index < -0.39 is 0 Å². The fraction of sp³-hybridized carbons (Fsp3) is 0.444. The van der Waals surface area contributed by atoms with Gasteiger partial charge in [-0.05, 0) is 19.3 Å². The van der Waals surface area contributed by atoms with Gasteiger partial charge in [-0.1, -0.05) is 35.5 Å². The molecule has 4 rings (SSSR count). The Labute approximate surface area is 140 Å². The van der Waals surface area contributed by atoms with Crippen molar-refractivity contribution in [2.75, 3.05) is 13.2 Å². The number of ether oxygens (including phenoxy) is 2. The maximum Gasteiger partial charge on any atom is 0.273 e. The Bertz CT molecular complexity index is 700. The largest absolute Gasteiger partial charge is 0.373 e. The Balaban J connectivity index is 1.39. The van der Waals surface area contributed by atoms with Gasteiger partial charge in [-0.2, -0.15) is 0 Å². The predicted octanol–water partition coefficient (Wildman–Crippen LogP) is 2.41. The number of rotatable bonds is 3. The third kappa shape index (κ3) is 3.20. The van der Waals surface area contributed by atoms with Crippen molar-refractivity contribution in [3.63, 3.8) is 0 Å². The zero-order chi connectivity index (χ0) is 16.4. The Morgan fingerprint density at radius 2 is 1.88 bits per heavy atom. The van der Waals surface area contributed by atoms with Gasteiger partial charge in [-0.3, -0.25) is 4.79 Å². The van der Waals surface area contributed by atoms with Crippen molar-refractivity contribution in [3.05, 3.63) is 42.1 Å². The summed E-state index contributed by atoms with van der Waals surface area (Å²) in [7, 11) is 0. The lowest BCUT2D eigenvalue weighted by atomic mass is 9.89. The minimum atomic E-state index is -0.207. The number of carbonyl (C=O) groups is 1. The summed E-state index contributed by atoms with van der Waals surface area (Å²) in [5.41, 5.74) is 1.20. The lowest BCUT2D eigenvalue weighted by Crippen LogP contribution is -2.49. The molecule has 3 atom stereocenters. The molecule has 6 heteroatoms. The average molecular weight is 328 g/mol. The van der Waals surface area contributed by atoms with Crippen LogP contribution in [0.25, 0.3) is 11.3 Å². The molecule has 1 aliphatic carbocycles. The van der Waals surface area contributed by atoms with Crippen LogP contribution in [0.3, 0.4) is 0 Å². The molecule has 2 aliphatic rings. The molecule has 24 heavy (non-hydrogen) atoms. The van der Waals surface area contributed by atoms with Gasteiger partial charge in [0.15, 0.2) is 11.5 Å². The highest BCUT2D eigenvalue weighted by molar-refractivity contribution is 5.93. The first-order valence-corrected chi connectivity index (χ1v) is 8.36. The normalized spacial score (nSPS) is 26.6. The van der Waals surface area contributed by atoms with Gasteiger partial charge >= 0.3 is 0 Å². The molecule has 2 fully saturated rings. The van der Waals surface area contributed by atoms with Crippen molar-refractivity contribution in [2.45, 2.75) is 37.5 Å². The summed E-state index contributed by atoms with van der Waals surface area (Å²) in [6, 6.07) is 11.4. The summed E-state index contributed by atoms with van der Waals surface area (Å²) in [5.74, 6) is 0.384. The number of nitrogens with one attached hydrogen (secondary N) is 1. The summed E-state index contributed by atoms with van der Waals surface area (Å²) >= 11 is 0. The fourth-order valence-corrected chi connectivity index (χ4v) is 3.38. The molecule has 1 amide bonds. The summed E-state index contributed by atoms with van der Waals surface area (Å²) in [6.45, 7) is 1.30. The molecular weight excluding hydrogens is 308 g/mol. The van der Waals surface area contributed by atoms with Crippen LogP contribution in [0.4, 0.5) is 0 Å².